The van der Waals surface area contributed by atoms with Crippen LogP contribution in [0.25, 0.3) is 21.8 Å². The molecule has 3 nitrogen and oxygen atoms in total. The van der Waals surface area contributed by atoms with Gasteiger partial charge in [-0.1, -0.05) is 42.5 Å². The highest BCUT2D eigenvalue weighted by atomic mass is 16.5. The molecule has 0 aliphatic rings. The van der Waals surface area contributed by atoms with Crippen molar-refractivity contribution < 1.29 is 9.30 Å². The molecule has 3 aromatic carbocycles. The molecule has 0 amide bonds. The van der Waals surface area contributed by atoms with Gasteiger partial charge in [0.2, 0.25) is 11.0 Å². The largest absolute Gasteiger partial charge is 0.492 e. The number of likely N-dealkylation sites (N-methyl/N-ethyl adjacent to an activating group) is 1. The van der Waals surface area contributed by atoms with Gasteiger partial charge in [-0.25, -0.2) is 0 Å². The molecule has 0 saturated carbocycles. The van der Waals surface area contributed by atoms with Crippen LogP contribution in [0.1, 0.15) is 11.1 Å². The van der Waals surface area contributed by atoms with Crippen molar-refractivity contribution >= 4 is 21.8 Å². The highest BCUT2D eigenvalue weighted by Crippen LogP contribution is 2.29. The van der Waals surface area contributed by atoms with Crippen molar-refractivity contribution in [1.29, 1.82) is 0 Å². The summed E-state index contributed by atoms with van der Waals surface area (Å²) in [5.74, 6) is 0.922. The van der Waals surface area contributed by atoms with E-state index in [9.17, 15) is 0 Å². The summed E-state index contributed by atoms with van der Waals surface area (Å²) in [5.41, 5.74) is 5.14. The Morgan fingerprint density at radius 1 is 0.821 bits per heavy atom. The molecule has 0 radical (unpaired) electrons. The molecule has 0 fully saturated rings. The Morgan fingerprint density at radius 3 is 2.32 bits per heavy atom. The lowest BCUT2D eigenvalue weighted by Gasteiger charge is -2.13. The van der Waals surface area contributed by atoms with E-state index >= 15 is 0 Å². The van der Waals surface area contributed by atoms with Crippen molar-refractivity contribution in [2.24, 2.45) is 7.05 Å². The number of benzene rings is 3. The standard InChI is InChI=1S/C25H27N2O/c1-26(2)15-16-28-20-13-14-22-23(17-19-9-5-4-6-10-19)21-11-7-8-12-24(21)27(3)25(22)18-20/h4-14,18H,15-17H2,1-3H3/q+1. The average Bonchev–Trinajstić information content (AvgIpc) is 2.72. The van der Waals surface area contributed by atoms with Crippen molar-refractivity contribution in [3.63, 3.8) is 0 Å². The van der Waals surface area contributed by atoms with Crippen molar-refractivity contribution in [1.82, 2.24) is 4.90 Å². The van der Waals surface area contributed by atoms with Crippen LogP contribution < -0.4 is 9.30 Å². The zero-order chi connectivity index (χ0) is 19.5. The molecule has 3 heteroatoms. The number of ether oxygens (including phenoxy) is 1. The first-order valence-corrected chi connectivity index (χ1v) is 9.78. The fraction of sp³-hybridized carbons (Fsp3) is 0.240. The van der Waals surface area contributed by atoms with Crippen LogP contribution in [-0.4, -0.2) is 32.1 Å². The molecule has 0 atom stereocenters. The van der Waals surface area contributed by atoms with E-state index in [1.54, 1.807) is 0 Å². The van der Waals surface area contributed by atoms with Crippen molar-refractivity contribution in [3.05, 3.63) is 83.9 Å². The van der Waals surface area contributed by atoms with Crippen LogP contribution in [0.3, 0.4) is 0 Å². The zero-order valence-electron chi connectivity index (χ0n) is 16.9. The van der Waals surface area contributed by atoms with Gasteiger partial charge in [-0.3, -0.25) is 0 Å². The van der Waals surface area contributed by atoms with Gasteiger partial charge in [0.1, 0.15) is 19.4 Å². The van der Waals surface area contributed by atoms with Crippen LogP contribution >= 0.6 is 0 Å². The van der Waals surface area contributed by atoms with E-state index in [0.717, 1.165) is 18.7 Å². The molecule has 0 aliphatic heterocycles. The van der Waals surface area contributed by atoms with Gasteiger partial charge in [-0.2, -0.15) is 4.57 Å². The second-order valence-electron chi connectivity index (χ2n) is 7.55. The lowest BCUT2D eigenvalue weighted by molar-refractivity contribution is -0.617. The molecular formula is C25H27N2O+. The van der Waals surface area contributed by atoms with E-state index in [-0.39, 0.29) is 0 Å². The number of aryl methyl sites for hydroxylation is 1. The van der Waals surface area contributed by atoms with Gasteiger partial charge >= 0.3 is 0 Å². The molecule has 0 unspecified atom stereocenters. The Bertz CT molecular complexity index is 1100. The molecule has 0 N–H and O–H groups in total. The summed E-state index contributed by atoms with van der Waals surface area (Å²) in [6, 6.07) is 25.8. The summed E-state index contributed by atoms with van der Waals surface area (Å²) in [6.07, 6.45) is 0.916. The molecule has 0 bridgehead atoms. The minimum absolute atomic E-state index is 0.687. The lowest BCUT2D eigenvalue weighted by Crippen LogP contribution is -2.30. The molecule has 1 heterocycles. The topological polar surface area (TPSA) is 16.4 Å². The van der Waals surface area contributed by atoms with E-state index in [2.05, 4.69) is 103 Å². The second-order valence-corrected chi connectivity index (χ2v) is 7.55. The minimum atomic E-state index is 0.687. The molecule has 0 spiro atoms. The van der Waals surface area contributed by atoms with Crippen LogP contribution in [-0.2, 0) is 13.5 Å². The Kier molecular flexibility index (Phi) is 5.27. The van der Waals surface area contributed by atoms with Crippen LogP contribution in [0.2, 0.25) is 0 Å². The van der Waals surface area contributed by atoms with Gasteiger partial charge in [0, 0.05) is 12.6 Å². The highest BCUT2D eigenvalue weighted by Gasteiger charge is 2.18. The van der Waals surface area contributed by atoms with Gasteiger partial charge in [-0.05, 0) is 49.8 Å². The number of rotatable bonds is 6. The number of hydrogen-bond donors (Lipinski definition) is 0. The minimum Gasteiger partial charge on any atom is -0.492 e. The summed E-state index contributed by atoms with van der Waals surface area (Å²) in [4.78, 5) is 2.13. The first-order valence-electron chi connectivity index (χ1n) is 9.78. The van der Waals surface area contributed by atoms with E-state index in [0.29, 0.717) is 6.61 Å². The van der Waals surface area contributed by atoms with Gasteiger partial charge in [0.15, 0.2) is 0 Å². The van der Waals surface area contributed by atoms with Gasteiger partial charge in [-0.15, -0.1) is 0 Å². The predicted octanol–water partition coefficient (Wildman–Crippen LogP) is 4.35. The third-order valence-electron chi connectivity index (χ3n) is 5.28. The monoisotopic (exact) mass is 371 g/mol. The third kappa shape index (κ3) is 3.71. The number of aromatic nitrogens is 1. The number of pyridine rings is 1. The first-order chi connectivity index (χ1) is 13.6. The summed E-state index contributed by atoms with van der Waals surface area (Å²) in [6.45, 7) is 1.59. The summed E-state index contributed by atoms with van der Waals surface area (Å²) < 4.78 is 8.27. The molecule has 0 aliphatic carbocycles. The van der Waals surface area contributed by atoms with E-state index in [1.165, 1.54) is 32.9 Å². The van der Waals surface area contributed by atoms with Crippen LogP contribution in [0.5, 0.6) is 5.75 Å². The van der Waals surface area contributed by atoms with Crippen LogP contribution in [0.4, 0.5) is 0 Å². The Hall–Kier alpha value is -2.91. The summed E-state index contributed by atoms with van der Waals surface area (Å²) >= 11 is 0. The van der Waals surface area contributed by atoms with Gasteiger partial charge in [0.25, 0.3) is 0 Å². The van der Waals surface area contributed by atoms with E-state index < -0.39 is 0 Å². The average molecular weight is 372 g/mol. The molecule has 142 valence electrons. The molecular weight excluding hydrogens is 344 g/mol. The van der Waals surface area contributed by atoms with Gasteiger partial charge < -0.3 is 9.64 Å². The Labute approximate surface area is 166 Å². The highest BCUT2D eigenvalue weighted by molar-refractivity contribution is 5.94. The van der Waals surface area contributed by atoms with Crippen molar-refractivity contribution in [3.8, 4) is 5.75 Å². The quantitative estimate of drug-likeness (QED) is 0.370. The van der Waals surface area contributed by atoms with Crippen molar-refractivity contribution in [2.45, 2.75) is 6.42 Å². The molecule has 4 aromatic rings. The number of para-hydroxylation sites is 1. The van der Waals surface area contributed by atoms with E-state index in [4.69, 9.17) is 4.74 Å². The summed E-state index contributed by atoms with van der Waals surface area (Å²) in [5, 5.41) is 2.59. The predicted molar refractivity (Wildman–Crippen MR) is 116 cm³/mol. The smallest absolute Gasteiger partial charge is 0.216 e. The molecule has 1 aromatic heterocycles. The lowest BCUT2D eigenvalue weighted by atomic mass is 9.96. The van der Waals surface area contributed by atoms with Crippen molar-refractivity contribution in [2.75, 3.05) is 27.2 Å². The van der Waals surface area contributed by atoms with Crippen LogP contribution in [0.15, 0.2) is 72.8 Å². The second kappa shape index (κ2) is 7.99. The third-order valence-corrected chi connectivity index (χ3v) is 5.28. The summed E-state index contributed by atoms with van der Waals surface area (Å²) in [7, 11) is 6.26. The molecule has 0 saturated heterocycles. The van der Waals surface area contributed by atoms with Crippen LogP contribution in [0, 0.1) is 0 Å². The zero-order valence-corrected chi connectivity index (χ0v) is 16.9. The van der Waals surface area contributed by atoms with Gasteiger partial charge in [0.05, 0.1) is 16.8 Å². The maximum atomic E-state index is 6.00. The normalized spacial score (nSPS) is 11.4. The Balaban J connectivity index is 1.84. The molecule has 28 heavy (non-hydrogen) atoms. The number of nitrogens with zero attached hydrogens (tertiary/aromatic N) is 2. The number of hydrogen-bond acceptors (Lipinski definition) is 2. The maximum absolute atomic E-state index is 6.00. The SMILES string of the molecule is CN(C)CCOc1ccc2c(Cc3ccccc3)c3ccccc3[n+](C)c2c1. The first kappa shape index (κ1) is 18.5. The number of fused-ring (bicyclic) bond motifs is 2. The Morgan fingerprint density at radius 2 is 1.54 bits per heavy atom. The maximum Gasteiger partial charge on any atom is 0.216 e. The fourth-order valence-electron chi connectivity index (χ4n) is 3.77. The molecule has 4 rings (SSSR count). The fourth-order valence-corrected chi connectivity index (χ4v) is 3.77. The van der Waals surface area contributed by atoms with E-state index in [1.807, 2.05) is 0 Å².